The van der Waals surface area contributed by atoms with Gasteiger partial charge in [-0.25, -0.2) is 0 Å². The van der Waals surface area contributed by atoms with Crippen LogP contribution in [0, 0.1) is 0 Å². The van der Waals surface area contributed by atoms with Gasteiger partial charge in [0.05, 0.1) is 13.2 Å². The summed E-state index contributed by atoms with van der Waals surface area (Å²) in [4.78, 5) is 25.1. The van der Waals surface area contributed by atoms with Crippen molar-refractivity contribution in [2.24, 2.45) is 0 Å². The number of carbonyl (C=O) groups excluding carboxylic acids is 2. The minimum atomic E-state index is -1.59. The molecule has 6 atom stereocenters. The Bertz CT molecular complexity index is 820. The SMILES string of the molecule is CCCCCCCCCCC/C=C/CCCCC(=O)OC[C@@H](CO[C@H]1O[C@@H](CO)[C@@H](O)C(O)C1O)OC(=O)CCCCCCCCCCC. The van der Waals surface area contributed by atoms with Gasteiger partial charge in [-0.2, -0.15) is 0 Å². The molecular formula is C39H72O10. The van der Waals surface area contributed by atoms with Gasteiger partial charge in [-0.1, -0.05) is 129 Å². The van der Waals surface area contributed by atoms with E-state index in [0.717, 1.165) is 38.5 Å². The molecule has 1 saturated heterocycles. The van der Waals surface area contributed by atoms with Crippen LogP contribution in [0.3, 0.4) is 0 Å². The topological polar surface area (TPSA) is 152 Å². The molecular weight excluding hydrogens is 628 g/mol. The zero-order valence-corrected chi connectivity index (χ0v) is 30.9. The van der Waals surface area contributed by atoms with E-state index in [0.29, 0.717) is 12.8 Å². The standard InChI is InChI=1S/C39H72O10/c1-3-5-7-9-11-13-14-15-16-17-18-20-21-23-25-27-34(41)46-30-32(31-47-39-38(45)37(44)36(43)33(29-40)49-39)48-35(42)28-26-24-22-19-12-10-8-6-4-2/h18,20,32-33,36-40,43-45H,3-17,19,21-31H2,1-2H3/b20-18+/t32-,33-,36+,37?,38?,39-/m0/s1. The summed E-state index contributed by atoms with van der Waals surface area (Å²) < 4.78 is 22.0. The molecule has 0 aliphatic carbocycles. The molecule has 1 aliphatic heterocycles. The van der Waals surface area contributed by atoms with Crippen LogP contribution in [0.5, 0.6) is 0 Å². The monoisotopic (exact) mass is 701 g/mol. The second kappa shape index (κ2) is 31.2. The summed E-state index contributed by atoms with van der Waals surface area (Å²) in [5.41, 5.74) is 0. The average molecular weight is 701 g/mol. The molecule has 1 fully saturated rings. The maximum absolute atomic E-state index is 12.6. The van der Waals surface area contributed by atoms with Crippen molar-refractivity contribution in [1.29, 1.82) is 0 Å². The van der Waals surface area contributed by atoms with Crippen molar-refractivity contribution in [3.8, 4) is 0 Å². The van der Waals surface area contributed by atoms with Gasteiger partial charge >= 0.3 is 11.9 Å². The molecule has 0 saturated carbocycles. The number of rotatable bonds is 32. The number of allylic oxidation sites excluding steroid dienone is 2. The molecule has 10 nitrogen and oxygen atoms in total. The minimum Gasteiger partial charge on any atom is -0.462 e. The highest BCUT2D eigenvalue weighted by molar-refractivity contribution is 5.70. The van der Waals surface area contributed by atoms with Gasteiger partial charge in [0.15, 0.2) is 12.4 Å². The largest absolute Gasteiger partial charge is 0.462 e. The first-order valence-electron chi connectivity index (χ1n) is 19.8. The summed E-state index contributed by atoms with van der Waals surface area (Å²) in [6.07, 6.45) is 22.4. The fourth-order valence-electron chi connectivity index (χ4n) is 5.95. The Hall–Kier alpha value is -1.56. The van der Waals surface area contributed by atoms with E-state index in [1.165, 1.54) is 89.9 Å². The Morgan fingerprint density at radius 2 is 1.08 bits per heavy atom. The number of hydrogen-bond acceptors (Lipinski definition) is 10. The third-order valence-corrected chi connectivity index (χ3v) is 9.15. The Labute approximate surface area is 297 Å². The van der Waals surface area contributed by atoms with Crippen LogP contribution < -0.4 is 0 Å². The van der Waals surface area contributed by atoms with Crippen LogP contribution in [0.25, 0.3) is 0 Å². The van der Waals surface area contributed by atoms with Crippen LogP contribution in [0.15, 0.2) is 12.2 Å². The Morgan fingerprint density at radius 3 is 1.63 bits per heavy atom. The van der Waals surface area contributed by atoms with E-state index in [-0.39, 0.29) is 26.1 Å². The molecule has 0 bridgehead atoms. The van der Waals surface area contributed by atoms with Crippen molar-refractivity contribution in [1.82, 2.24) is 0 Å². The molecule has 0 aromatic rings. The van der Waals surface area contributed by atoms with Gasteiger partial charge in [-0.3, -0.25) is 9.59 Å². The molecule has 49 heavy (non-hydrogen) atoms. The highest BCUT2D eigenvalue weighted by Gasteiger charge is 2.44. The maximum Gasteiger partial charge on any atom is 0.306 e. The molecule has 288 valence electrons. The molecule has 1 aliphatic rings. The predicted molar refractivity (Wildman–Crippen MR) is 192 cm³/mol. The van der Waals surface area contributed by atoms with Crippen LogP contribution in [-0.2, 0) is 28.5 Å². The third-order valence-electron chi connectivity index (χ3n) is 9.15. The van der Waals surface area contributed by atoms with E-state index in [9.17, 15) is 30.0 Å². The molecule has 10 heteroatoms. The van der Waals surface area contributed by atoms with Crippen molar-refractivity contribution in [3.05, 3.63) is 12.2 Å². The van der Waals surface area contributed by atoms with E-state index in [1.807, 2.05) is 0 Å². The fourth-order valence-corrected chi connectivity index (χ4v) is 5.95. The number of ether oxygens (including phenoxy) is 4. The molecule has 0 spiro atoms. The highest BCUT2D eigenvalue weighted by Crippen LogP contribution is 2.22. The van der Waals surface area contributed by atoms with Gasteiger partial charge in [0, 0.05) is 12.8 Å². The van der Waals surface area contributed by atoms with Gasteiger partial charge in [-0.05, 0) is 38.5 Å². The second-order valence-electron chi connectivity index (χ2n) is 13.7. The van der Waals surface area contributed by atoms with Crippen LogP contribution in [-0.4, -0.2) is 89.0 Å². The van der Waals surface area contributed by atoms with Gasteiger partial charge in [0.25, 0.3) is 0 Å². The van der Waals surface area contributed by atoms with Crippen molar-refractivity contribution in [3.63, 3.8) is 0 Å². The van der Waals surface area contributed by atoms with Crippen molar-refractivity contribution in [2.45, 2.75) is 205 Å². The normalized spacial score (nSPS) is 21.6. The van der Waals surface area contributed by atoms with Gasteiger partial charge in [-0.15, -0.1) is 0 Å². The number of unbranched alkanes of at least 4 members (excludes halogenated alkanes) is 19. The lowest BCUT2D eigenvalue weighted by atomic mass is 9.99. The van der Waals surface area contributed by atoms with E-state index in [2.05, 4.69) is 26.0 Å². The molecule has 0 amide bonds. The van der Waals surface area contributed by atoms with Crippen molar-refractivity contribution >= 4 is 11.9 Å². The lowest BCUT2D eigenvalue weighted by Crippen LogP contribution is -2.59. The van der Waals surface area contributed by atoms with Gasteiger partial charge < -0.3 is 39.4 Å². The summed E-state index contributed by atoms with van der Waals surface area (Å²) in [5.74, 6) is -0.831. The molecule has 2 unspecified atom stereocenters. The molecule has 0 aromatic carbocycles. The van der Waals surface area contributed by atoms with Crippen LogP contribution in [0.4, 0.5) is 0 Å². The summed E-state index contributed by atoms with van der Waals surface area (Å²) in [5, 5.41) is 39.8. The smallest absolute Gasteiger partial charge is 0.306 e. The van der Waals surface area contributed by atoms with Crippen LogP contribution in [0.1, 0.15) is 168 Å². The first kappa shape index (κ1) is 45.5. The fraction of sp³-hybridized carbons (Fsp3) is 0.897. The first-order valence-corrected chi connectivity index (χ1v) is 19.8. The highest BCUT2D eigenvalue weighted by atomic mass is 16.7. The minimum absolute atomic E-state index is 0.224. The molecule has 0 radical (unpaired) electrons. The molecule has 1 rings (SSSR count). The molecule has 0 aromatic heterocycles. The van der Waals surface area contributed by atoms with Crippen molar-refractivity contribution < 1.29 is 49.0 Å². The van der Waals surface area contributed by atoms with E-state index < -0.39 is 55.4 Å². The Kier molecular flexibility index (Phi) is 28.9. The van der Waals surface area contributed by atoms with E-state index in [1.54, 1.807) is 0 Å². The summed E-state index contributed by atoms with van der Waals surface area (Å²) in [6.45, 7) is 3.36. The van der Waals surface area contributed by atoms with Gasteiger partial charge in [0.1, 0.15) is 31.0 Å². The number of aliphatic hydroxyl groups excluding tert-OH is 4. The predicted octanol–water partition coefficient (Wildman–Crippen LogP) is 7.22. The lowest BCUT2D eigenvalue weighted by molar-refractivity contribution is -0.305. The zero-order chi connectivity index (χ0) is 36.0. The number of carbonyl (C=O) groups is 2. The maximum atomic E-state index is 12.6. The van der Waals surface area contributed by atoms with E-state index in [4.69, 9.17) is 18.9 Å². The summed E-state index contributed by atoms with van der Waals surface area (Å²) in [7, 11) is 0. The Balaban J connectivity index is 2.38. The third kappa shape index (κ3) is 23.5. The summed E-state index contributed by atoms with van der Waals surface area (Å²) >= 11 is 0. The van der Waals surface area contributed by atoms with Crippen LogP contribution in [0.2, 0.25) is 0 Å². The molecule has 4 N–H and O–H groups in total. The van der Waals surface area contributed by atoms with E-state index >= 15 is 0 Å². The summed E-state index contributed by atoms with van der Waals surface area (Å²) in [6, 6.07) is 0. The van der Waals surface area contributed by atoms with Gasteiger partial charge in [0.2, 0.25) is 0 Å². The first-order chi connectivity index (χ1) is 23.8. The van der Waals surface area contributed by atoms with Crippen LogP contribution >= 0.6 is 0 Å². The number of aliphatic hydroxyl groups is 4. The Morgan fingerprint density at radius 1 is 0.612 bits per heavy atom. The average Bonchev–Trinajstić information content (AvgIpc) is 3.10. The number of hydrogen-bond donors (Lipinski definition) is 4. The second-order valence-corrected chi connectivity index (χ2v) is 13.7. The van der Waals surface area contributed by atoms with Crippen molar-refractivity contribution in [2.75, 3.05) is 19.8 Å². The quantitative estimate of drug-likeness (QED) is 0.0322. The molecule has 1 heterocycles. The zero-order valence-electron chi connectivity index (χ0n) is 30.9. The lowest BCUT2D eigenvalue weighted by Gasteiger charge is -2.39. The number of esters is 2.